The van der Waals surface area contributed by atoms with Crippen molar-refractivity contribution in [1.82, 2.24) is 4.90 Å². The molecule has 1 aliphatic heterocycles. The fraction of sp³-hybridized carbons (Fsp3) is 0.529. The van der Waals surface area contributed by atoms with Crippen LogP contribution in [0.25, 0.3) is 5.57 Å². The SMILES string of the molecule is C=C(CN1CCCCC1)c1ccc(C)cc1.CC. The number of nitrogens with zero attached hydrogens (tertiary/aromatic N) is 1. The van der Waals surface area contributed by atoms with Crippen LogP contribution in [0.4, 0.5) is 0 Å². The van der Waals surface area contributed by atoms with E-state index < -0.39 is 0 Å². The molecule has 0 aromatic heterocycles. The molecule has 18 heavy (non-hydrogen) atoms. The van der Waals surface area contributed by atoms with Crippen molar-refractivity contribution in [2.24, 2.45) is 0 Å². The number of benzene rings is 1. The molecule has 1 aliphatic rings. The van der Waals surface area contributed by atoms with E-state index in [-0.39, 0.29) is 0 Å². The van der Waals surface area contributed by atoms with Crippen molar-refractivity contribution in [3.8, 4) is 0 Å². The van der Waals surface area contributed by atoms with E-state index >= 15 is 0 Å². The molecule has 1 saturated heterocycles. The Balaban J connectivity index is 0.000000771. The lowest BCUT2D eigenvalue weighted by Crippen LogP contribution is -2.30. The van der Waals surface area contributed by atoms with Gasteiger partial charge in [-0.1, -0.05) is 56.7 Å². The van der Waals surface area contributed by atoms with Gasteiger partial charge in [-0.15, -0.1) is 0 Å². The molecule has 1 aromatic rings. The van der Waals surface area contributed by atoms with Gasteiger partial charge in [0.2, 0.25) is 0 Å². The molecule has 1 heteroatoms. The van der Waals surface area contributed by atoms with Gasteiger partial charge >= 0.3 is 0 Å². The summed E-state index contributed by atoms with van der Waals surface area (Å²) in [7, 11) is 0. The van der Waals surface area contributed by atoms with Crippen molar-refractivity contribution >= 4 is 5.57 Å². The maximum atomic E-state index is 4.21. The molecule has 0 radical (unpaired) electrons. The van der Waals surface area contributed by atoms with E-state index in [1.807, 2.05) is 13.8 Å². The fourth-order valence-electron chi connectivity index (χ4n) is 2.27. The van der Waals surface area contributed by atoms with Crippen LogP contribution < -0.4 is 0 Å². The van der Waals surface area contributed by atoms with Crippen molar-refractivity contribution in [3.63, 3.8) is 0 Å². The molecule has 1 aromatic carbocycles. The van der Waals surface area contributed by atoms with Crippen LogP contribution in [-0.2, 0) is 0 Å². The lowest BCUT2D eigenvalue weighted by molar-refractivity contribution is 0.255. The Labute approximate surface area is 113 Å². The average Bonchev–Trinajstić information content (AvgIpc) is 2.43. The summed E-state index contributed by atoms with van der Waals surface area (Å²) in [6.45, 7) is 13.8. The minimum Gasteiger partial charge on any atom is -0.299 e. The van der Waals surface area contributed by atoms with E-state index in [0.717, 1.165) is 6.54 Å². The van der Waals surface area contributed by atoms with E-state index in [1.165, 1.54) is 49.1 Å². The smallest absolute Gasteiger partial charge is 0.0233 e. The number of rotatable bonds is 3. The van der Waals surface area contributed by atoms with Crippen LogP contribution in [0.3, 0.4) is 0 Å². The first kappa shape index (κ1) is 15.0. The summed E-state index contributed by atoms with van der Waals surface area (Å²) >= 11 is 0. The van der Waals surface area contributed by atoms with Crippen LogP contribution in [0.15, 0.2) is 30.8 Å². The molecule has 1 fully saturated rings. The highest BCUT2D eigenvalue weighted by Crippen LogP contribution is 2.17. The fourth-order valence-corrected chi connectivity index (χ4v) is 2.27. The Kier molecular flexibility index (Phi) is 6.74. The molecule has 0 bridgehead atoms. The molecule has 0 unspecified atom stereocenters. The molecule has 0 N–H and O–H groups in total. The standard InChI is InChI=1S/C15H21N.C2H6/c1-13-6-8-15(9-7-13)14(2)12-16-10-4-3-5-11-16;1-2/h6-9H,2-5,10-12H2,1H3;1-2H3. The predicted octanol–water partition coefficient (Wildman–Crippen LogP) is 4.52. The highest BCUT2D eigenvalue weighted by Gasteiger charge is 2.11. The van der Waals surface area contributed by atoms with Gasteiger partial charge in [-0.05, 0) is 44.0 Å². The average molecular weight is 245 g/mol. The Morgan fingerprint density at radius 2 is 1.61 bits per heavy atom. The first-order valence-electron chi connectivity index (χ1n) is 7.23. The van der Waals surface area contributed by atoms with Gasteiger partial charge in [-0.25, -0.2) is 0 Å². The number of aryl methyl sites for hydroxylation is 1. The summed E-state index contributed by atoms with van der Waals surface area (Å²) in [5.41, 5.74) is 3.85. The van der Waals surface area contributed by atoms with Crippen LogP contribution in [0, 0.1) is 6.92 Å². The van der Waals surface area contributed by atoms with E-state index in [2.05, 4.69) is 42.7 Å². The second-order valence-corrected chi connectivity index (χ2v) is 4.81. The van der Waals surface area contributed by atoms with Crippen LogP contribution in [0.1, 0.15) is 44.2 Å². The zero-order valence-electron chi connectivity index (χ0n) is 12.2. The van der Waals surface area contributed by atoms with Gasteiger partial charge in [-0.2, -0.15) is 0 Å². The maximum absolute atomic E-state index is 4.21. The molecule has 0 amide bonds. The highest BCUT2D eigenvalue weighted by atomic mass is 15.1. The van der Waals surface area contributed by atoms with Gasteiger partial charge in [-0.3, -0.25) is 4.90 Å². The lowest BCUT2D eigenvalue weighted by atomic mass is 10.0. The third-order valence-corrected chi connectivity index (χ3v) is 3.32. The van der Waals surface area contributed by atoms with E-state index in [0.29, 0.717) is 0 Å². The Bertz CT molecular complexity index is 344. The van der Waals surface area contributed by atoms with Gasteiger partial charge in [0.1, 0.15) is 0 Å². The summed E-state index contributed by atoms with van der Waals surface area (Å²) in [4.78, 5) is 2.52. The number of hydrogen-bond acceptors (Lipinski definition) is 1. The van der Waals surface area contributed by atoms with Gasteiger partial charge < -0.3 is 0 Å². The molecular weight excluding hydrogens is 218 g/mol. The molecule has 0 aliphatic carbocycles. The van der Waals surface area contributed by atoms with E-state index in [9.17, 15) is 0 Å². The van der Waals surface area contributed by atoms with E-state index in [1.54, 1.807) is 0 Å². The minimum atomic E-state index is 1.03. The molecular formula is C17H27N. The Morgan fingerprint density at radius 1 is 1.06 bits per heavy atom. The summed E-state index contributed by atoms with van der Waals surface area (Å²) in [5, 5.41) is 0. The van der Waals surface area contributed by atoms with Gasteiger partial charge in [0.25, 0.3) is 0 Å². The van der Waals surface area contributed by atoms with Gasteiger partial charge in [0.05, 0.1) is 0 Å². The summed E-state index contributed by atoms with van der Waals surface area (Å²) in [5.74, 6) is 0. The number of piperidine rings is 1. The largest absolute Gasteiger partial charge is 0.299 e. The molecule has 1 nitrogen and oxygen atoms in total. The Morgan fingerprint density at radius 3 is 2.17 bits per heavy atom. The van der Waals surface area contributed by atoms with Crippen molar-refractivity contribution in [2.45, 2.75) is 40.0 Å². The van der Waals surface area contributed by atoms with Crippen LogP contribution in [0.2, 0.25) is 0 Å². The van der Waals surface area contributed by atoms with Crippen molar-refractivity contribution in [1.29, 1.82) is 0 Å². The summed E-state index contributed by atoms with van der Waals surface area (Å²) < 4.78 is 0. The first-order chi connectivity index (χ1) is 8.75. The number of likely N-dealkylation sites (tertiary alicyclic amines) is 1. The van der Waals surface area contributed by atoms with Crippen LogP contribution in [-0.4, -0.2) is 24.5 Å². The molecule has 100 valence electrons. The predicted molar refractivity (Wildman–Crippen MR) is 81.9 cm³/mol. The van der Waals surface area contributed by atoms with E-state index in [4.69, 9.17) is 0 Å². The lowest BCUT2D eigenvalue weighted by Gasteiger charge is -2.27. The zero-order valence-corrected chi connectivity index (χ0v) is 12.2. The summed E-state index contributed by atoms with van der Waals surface area (Å²) in [6, 6.07) is 8.69. The monoisotopic (exact) mass is 245 g/mol. The van der Waals surface area contributed by atoms with Gasteiger partial charge in [0, 0.05) is 6.54 Å². The first-order valence-corrected chi connectivity index (χ1v) is 7.23. The third-order valence-electron chi connectivity index (χ3n) is 3.32. The highest BCUT2D eigenvalue weighted by molar-refractivity contribution is 5.64. The zero-order chi connectivity index (χ0) is 13.4. The summed E-state index contributed by atoms with van der Waals surface area (Å²) in [6.07, 6.45) is 4.09. The second kappa shape index (κ2) is 8.10. The molecule has 0 atom stereocenters. The van der Waals surface area contributed by atoms with Crippen molar-refractivity contribution in [3.05, 3.63) is 42.0 Å². The quantitative estimate of drug-likeness (QED) is 0.756. The minimum absolute atomic E-state index is 1.03. The molecule has 0 spiro atoms. The van der Waals surface area contributed by atoms with Gasteiger partial charge in [0.15, 0.2) is 0 Å². The molecule has 1 heterocycles. The van der Waals surface area contributed by atoms with Crippen molar-refractivity contribution in [2.75, 3.05) is 19.6 Å². The topological polar surface area (TPSA) is 3.24 Å². The van der Waals surface area contributed by atoms with Crippen molar-refractivity contribution < 1.29 is 0 Å². The molecule has 2 rings (SSSR count). The van der Waals surface area contributed by atoms with Crippen LogP contribution >= 0.6 is 0 Å². The Hall–Kier alpha value is -1.08. The maximum Gasteiger partial charge on any atom is 0.0233 e. The second-order valence-electron chi connectivity index (χ2n) is 4.81. The normalized spacial score (nSPS) is 15.7. The van der Waals surface area contributed by atoms with Crippen LogP contribution in [0.5, 0.6) is 0 Å². The third kappa shape index (κ3) is 4.66. The molecule has 0 saturated carbocycles. The number of hydrogen-bond donors (Lipinski definition) is 0.